The van der Waals surface area contributed by atoms with Gasteiger partial charge in [0.15, 0.2) is 5.89 Å². The highest BCUT2D eigenvalue weighted by Gasteiger charge is 2.36. The van der Waals surface area contributed by atoms with Crippen LogP contribution in [0.25, 0.3) is 11.5 Å². The fourth-order valence-electron chi connectivity index (χ4n) is 2.68. The van der Waals surface area contributed by atoms with E-state index in [4.69, 9.17) is 8.94 Å². The maximum Gasteiger partial charge on any atom is 0.401 e. The van der Waals surface area contributed by atoms with E-state index in [1.54, 1.807) is 0 Å². The highest BCUT2D eigenvalue weighted by Crippen LogP contribution is 2.29. The zero-order valence-corrected chi connectivity index (χ0v) is 12.6. The summed E-state index contributed by atoms with van der Waals surface area (Å²) in [5, 5.41) is 3.85. The van der Waals surface area contributed by atoms with Crippen LogP contribution in [0.1, 0.15) is 37.5 Å². The molecule has 0 amide bonds. The summed E-state index contributed by atoms with van der Waals surface area (Å²) in [7, 11) is 0. The van der Waals surface area contributed by atoms with E-state index in [1.807, 2.05) is 6.92 Å². The average Bonchev–Trinajstić information content (AvgIpc) is 3.15. The fraction of sp³-hybridized carbons (Fsp3) is 0.643. The largest absolute Gasteiger partial charge is 0.448 e. The number of likely N-dealkylation sites (tertiary alicyclic amines) is 1. The summed E-state index contributed by atoms with van der Waals surface area (Å²) in [5.41, 5.74) is 0.480. The van der Waals surface area contributed by atoms with Gasteiger partial charge in [0.25, 0.3) is 0 Å². The molecule has 126 valence electrons. The molecule has 9 heteroatoms. The van der Waals surface area contributed by atoms with Crippen molar-refractivity contribution in [2.24, 2.45) is 0 Å². The second-order valence-electron chi connectivity index (χ2n) is 5.67. The Hall–Kier alpha value is -1.90. The lowest BCUT2D eigenvalue weighted by Crippen LogP contribution is -2.32. The van der Waals surface area contributed by atoms with Crippen LogP contribution in [0.4, 0.5) is 13.2 Å². The normalized spacial score (nSPS) is 19.6. The third-order valence-electron chi connectivity index (χ3n) is 3.71. The third kappa shape index (κ3) is 3.90. The van der Waals surface area contributed by atoms with Crippen molar-refractivity contribution >= 4 is 0 Å². The molecular weight excluding hydrogens is 313 g/mol. The highest BCUT2D eigenvalue weighted by molar-refractivity contribution is 5.45. The Kier molecular flexibility index (Phi) is 4.38. The summed E-state index contributed by atoms with van der Waals surface area (Å²) in [5.74, 6) is 1.08. The number of alkyl halides is 3. The molecule has 1 aliphatic heterocycles. The smallest absolute Gasteiger partial charge is 0.401 e. The molecule has 23 heavy (non-hydrogen) atoms. The van der Waals surface area contributed by atoms with Crippen LogP contribution in [0.15, 0.2) is 15.2 Å². The lowest BCUT2D eigenvalue weighted by Gasteiger charge is -2.16. The van der Waals surface area contributed by atoms with E-state index in [0.717, 1.165) is 12.8 Å². The van der Waals surface area contributed by atoms with E-state index < -0.39 is 12.7 Å². The summed E-state index contributed by atoms with van der Waals surface area (Å²) >= 11 is 0. The second kappa shape index (κ2) is 6.31. The van der Waals surface area contributed by atoms with Crippen LogP contribution in [-0.2, 0) is 6.42 Å². The lowest BCUT2D eigenvalue weighted by atomic mass is 10.1. The summed E-state index contributed by atoms with van der Waals surface area (Å²) in [6.45, 7) is 1.74. The second-order valence-corrected chi connectivity index (χ2v) is 5.67. The molecule has 0 spiro atoms. The van der Waals surface area contributed by atoms with Crippen LogP contribution < -0.4 is 0 Å². The first-order chi connectivity index (χ1) is 10.9. The Bertz CT molecular complexity index is 652. The van der Waals surface area contributed by atoms with Gasteiger partial charge in [0.05, 0.1) is 12.5 Å². The minimum absolute atomic E-state index is 0.180. The number of aromatic nitrogens is 3. The van der Waals surface area contributed by atoms with Gasteiger partial charge in [-0.3, -0.25) is 4.90 Å². The van der Waals surface area contributed by atoms with Gasteiger partial charge < -0.3 is 8.94 Å². The van der Waals surface area contributed by atoms with Crippen molar-refractivity contribution in [3.8, 4) is 11.5 Å². The van der Waals surface area contributed by atoms with Gasteiger partial charge >= 0.3 is 6.18 Å². The zero-order valence-electron chi connectivity index (χ0n) is 12.6. The van der Waals surface area contributed by atoms with E-state index >= 15 is 0 Å². The van der Waals surface area contributed by atoms with Crippen LogP contribution in [0.3, 0.4) is 0 Å². The number of nitrogens with zero attached hydrogens (tertiary/aromatic N) is 4. The zero-order chi connectivity index (χ0) is 16.4. The quantitative estimate of drug-likeness (QED) is 0.839. The van der Waals surface area contributed by atoms with Crippen molar-refractivity contribution in [2.75, 3.05) is 19.6 Å². The molecule has 1 atom stereocenters. The van der Waals surface area contributed by atoms with Crippen molar-refractivity contribution in [1.82, 2.24) is 20.0 Å². The number of rotatable bonds is 5. The molecule has 2 aromatic rings. The van der Waals surface area contributed by atoms with Gasteiger partial charge in [0, 0.05) is 13.0 Å². The van der Waals surface area contributed by atoms with Gasteiger partial charge in [-0.25, -0.2) is 4.98 Å². The molecule has 2 aromatic heterocycles. The number of oxazole rings is 1. The molecule has 0 aromatic carbocycles. The monoisotopic (exact) mass is 330 g/mol. The lowest BCUT2D eigenvalue weighted by molar-refractivity contribution is -0.143. The molecule has 0 N–H and O–H groups in total. The van der Waals surface area contributed by atoms with Gasteiger partial charge in [0.1, 0.15) is 12.0 Å². The van der Waals surface area contributed by atoms with E-state index in [2.05, 4.69) is 15.1 Å². The number of halogens is 3. The first kappa shape index (κ1) is 16.0. The Balaban J connectivity index is 1.65. The molecule has 3 heterocycles. The van der Waals surface area contributed by atoms with E-state index in [0.29, 0.717) is 36.3 Å². The minimum Gasteiger partial charge on any atom is -0.448 e. The molecule has 0 bridgehead atoms. The first-order valence-electron chi connectivity index (χ1n) is 7.52. The van der Waals surface area contributed by atoms with E-state index in [9.17, 15) is 13.2 Å². The summed E-state index contributed by atoms with van der Waals surface area (Å²) < 4.78 is 47.7. The Morgan fingerprint density at radius 3 is 2.91 bits per heavy atom. The van der Waals surface area contributed by atoms with Crippen LogP contribution >= 0.6 is 0 Å². The van der Waals surface area contributed by atoms with Crippen LogP contribution in [-0.4, -0.2) is 45.8 Å². The van der Waals surface area contributed by atoms with Crippen molar-refractivity contribution < 1.29 is 22.1 Å². The third-order valence-corrected chi connectivity index (χ3v) is 3.71. The molecule has 3 rings (SSSR count). The molecule has 1 aliphatic rings. The Morgan fingerprint density at radius 2 is 2.17 bits per heavy atom. The maximum atomic E-state index is 12.4. The fourth-order valence-corrected chi connectivity index (χ4v) is 2.68. The van der Waals surface area contributed by atoms with Gasteiger partial charge in [0.2, 0.25) is 11.7 Å². The average molecular weight is 330 g/mol. The predicted octanol–water partition coefficient (Wildman–Crippen LogP) is 3.03. The Morgan fingerprint density at radius 1 is 1.35 bits per heavy atom. The molecule has 0 radical (unpaired) electrons. The number of hydrogen-bond donors (Lipinski definition) is 0. The van der Waals surface area contributed by atoms with Crippen molar-refractivity contribution in [3.63, 3.8) is 0 Å². The molecule has 0 aliphatic carbocycles. The molecular formula is C14H17F3N4O2. The molecule has 6 nitrogen and oxygen atoms in total. The maximum absolute atomic E-state index is 12.4. The molecule has 1 saturated heterocycles. The van der Waals surface area contributed by atoms with Crippen LogP contribution in [0, 0.1) is 0 Å². The van der Waals surface area contributed by atoms with Gasteiger partial charge in [-0.1, -0.05) is 12.1 Å². The van der Waals surface area contributed by atoms with Crippen molar-refractivity contribution in [3.05, 3.63) is 18.0 Å². The topological polar surface area (TPSA) is 68.2 Å². The molecule has 1 unspecified atom stereocenters. The molecule has 0 saturated carbocycles. The standard InChI is InChI=1S/C14H17F3N4O2/c1-2-3-11-18-10(7-22-11)12-19-13(23-20-12)9-4-5-21(6-9)8-14(15,16)17/h7,9H,2-6,8H2,1H3. The first-order valence-corrected chi connectivity index (χ1v) is 7.52. The summed E-state index contributed by atoms with van der Waals surface area (Å²) in [4.78, 5) is 9.87. The van der Waals surface area contributed by atoms with Crippen molar-refractivity contribution in [1.29, 1.82) is 0 Å². The van der Waals surface area contributed by atoms with E-state index in [-0.39, 0.29) is 12.5 Å². The number of aryl methyl sites for hydroxylation is 1. The summed E-state index contributed by atoms with van der Waals surface area (Å²) in [6.07, 6.45) is -0.526. The Labute approximate surface area is 130 Å². The number of hydrogen-bond acceptors (Lipinski definition) is 6. The highest BCUT2D eigenvalue weighted by atomic mass is 19.4. The minimum atomic E-state index is -4.19. The summed E-state index contributed by atoms with van der Waals surface area (Å²) in [6, 6.07) is 0. The predicted molar refractivity (Wildman–Crippen MR) is 73.6 cm³/mol. The SMILES string of the molecule is CCCc1nc(-c2noc(C3CCN(CC(F)(F)F)C3)n2)co1. The van der Waals surface area contributed by atoms with Crippen LogP contribution in [0.5, 0.6) is 0 Å². The van der Waals surface area contributed by atoms with Crippen molar-refractivity contribution in [2.45, 2.75) is 38.3 Å². The van der Waals surface area contributed by atoms with E-state index in [1.165, 1.54) is 11.2 Å². The van der Waals surface area contributed by atoms with Crippen LogP contribution in [0.2, 0.25) is 0 Å². The van der Waals surface area contributed by atoms with Gasteiger partial charge in [-0.2, -0.15) is 18.2 Å². The van der Waals surface area contributed by atoms with Gasteiger partial charge in [-0.05, 0) is 19.4 Å². The van der Waals surface area contributed by atoms with Gasteiger partial charge in [-0.15, -0.1) is 0 Å². The molecule has 1 fully saturated rings.